The molecule has 78 valence electrons. The summed E-state index contributed by atoms with van der Waals surface area (Å²) in [4.78, 5) is 14.0. The van der Waals surface area contributed by atoms with Crippen molar-refractivity contribution in [3.63, 3.8) is 0 Å². The molecule has 0 saturated carbocycles. The van der Waals surface area contributed by atoms with E-state index in [4.69, 9.17) is 0 Å². The largest absolute Gasteiger partial charge is 0.383 e. The SMILES string of the molecule is CC(=O)CCNc1c[nH]c2ccccc12. The molecule has 0 saturated heterocycles. The lowest BCUT2D eigenvalue weighted by Crippen LogP contribution is -2.05. The Morgan fingerprint density at radius 1 is 1.40 bits per heavy atom. The lowest BCUT2D eigenvalue weighted by atomic mass is 10.2. The molecule has 3 nitrogen and oxygen atoms in total. The molecule has 2 rings (SSSR count). The highest BCUT2D eigenvalue weighted by Crippen LogP contribution is 2.22. The van der Waals surface area contributed by atoms with Gasteiger partial charge in [0.15, 0.2) is 0 Å². The Morgan fingerprint density at radius 3 is 3.00 bits per heavy atom. The summed E-state index contributed by atoms with van der Waals surface area (Å²) in [5.74, 6) is 0.211. The number of carbonyl (C=O) groups excluding carboxylic acids is 1. The van der Waals surface area contributed by atoms with Crippen molar-refractivity contribution >= 4 is 22.4 Å². The fourth-order valence-electron chi connectivity index (χ4n) is 1.59. The number of hydrogen-bond donors (Lipinski definition) is 2. The van der Waals surface area contributed by atoms with Crippen LogP contribution in [0.3, 0.4) is 0 Å². The minimum Gasteiger partial charge on any atom is -0.383 e. The second-order valence-corrected chi connectivity index (χ2v) is 3.63. The van der Waals surface area contributed by atoms with Crippen molar-refractivity contribution < 1.29 is 4.79 Å². The molecule has 0 aliphatic heterocycles. The van der Waals surface area contributed by atoms with Gasteiger partial charge in [0.05, 0.1) is 5.69 Å². The number of ketones is 1. The van der Waals surface area contributed by atoms with Crippen LogP contribution in [-0.2, 0) is 4.79 Å². The number of Topliss-reactive ketones (excluding diaryl/α,β-unsaturated/α-hetero) is 1. The van der Waals surface area contributed by atoms with Gasteiger partial charge in [0.25, 0.3) is 0 Å². The van der Waals surface area contributed by atoms with Gasteiger partial charge in [0.1, 0.15) is 5.78 Å². The molecule has 15 heavy (non-hydrogen) atoms. The van der Waals surface area contributed by atoms with Crippen molar-refractivity contribution in [1.82, 2.24) is 4.98 Å². The van der Waals surface area contributed by atoms with Crippen LogP contribution >= 0.6 is 0 Å². The van der Waals surface area contributed by atoms with E-state index in [1.165, 1.54) is 5.39 Å². The van der Waals surface area contributed by atoms with E-state index in [9.17, 15) is 4.79 Å². The van der Waals surface area contributed by atoms with Crippen molar-refractivity contribution in [3.05, 3.63) is 30.5 Å². The van der Waals surface area contributed by atoms with Gasteiger partial charge in [-0.2, -0.15) is 0 Å². The highest BCUT2D eigenvalue weighted by atomic mass is 16.1. The normalized spacial score (nSPS) is 10.5. The van der Waals surface area contributed by atoms with E-state index in [-0.39, 0.29) is 5.78 Å². The number of benzene rings is 1. The molecule has 0 fully saturated rings. The minimum absolute atomic E-state index is 0.211. The molecule has 0 radical (unpaired) electrons. The third-order valence-corrected chi connectivity index (χ3v) is 2.38. The molecule has 1 aromatic heterocycles. The van der Waals surface area contributed by atoms with E-state index >= 15 is 0 Å². The Labute approximate surface area is 88.5 Å². The van der Waals surface area contributed by atoms with Crippen LogP contribution in [0.1, 0.15) is 13.3 Å². The molecule has 0 aliphatic carbocycles. The van der Waals surface area contributed by atoms with Crippen LogP contribution in [0.4, 0.5) is 5.69 Å². The van der Waals surface area contributed by atoms with E-state index in [0.29, 0.717) is 13.0 Å². The third kappa shape index (κ3) is 2.18. The Bertz CT molecular complexity index is 473. The Morgan fingerprint density at radius 2 is 2.20 bits per heavy atom. The van der Waals surface area contributed by atoms with Gasteiger partial charge in [-0.05, 0) is 13.0 Å². The van der Waals surface area contributed by atoms with Crippen LogP contribution in [0.15, 0.2) is 30.5 Å². The fourth-order valence-corrected chi connectivity index (χ4v) is 1.59. The van der Waals surface area contributed by atoms with Gasteiger partial charge in [-0.3, -0.25) is 4.79 Å². The smallest absolute Gasteiger partial charge is 0.131 e. The molecule has 2 N–H and O–H groups in total. The fraction of sp³-hybridized carbons (Fsp3) is 0.250. The molecular formula is C12H14N2O. The summed E-state index contributed by atoms with van der Waals surface area (Å²) < 4.78 is 0. The Balaban J connectivity index is 2.11. The molecule has 0 amide bonds. The van der Waals surface area contributed by atoms with Crippen molar-refractivity contribution in [2.45, 2.75) is 13.3 Å². The van der Waals surface area contributed by atoms with Crippen molar-refractivity contribution in [2.24, 2.45) is 0 Å². The van der Waals surface area contributed by atoms with Crippen LogP contribution in [0.2, 0.25) is 0 Å². The number of anilines is 1. The zero-order valence-electron chi connectivity index (χ0n) is 8.71. The number of aromatic nitrogens is 1. The summed E-state index contributed by atoms with van der Waals surface area (Å²) in [5.41, 5.74) is 2.18. The molecule has 0 atom stereocenters. The van der Waals surface area contributed by atoms with Gasteiger partial charge < -0.3 is 10.3 Å². The van der Waals surface area contributed by atoms with Crippen LogP contribution < -0.4 is 5.32 Å². The minimum atomic E-state index is 0.211. The van der Waals surface area contributed by atoms with Gasteiger partial charge in [0, 0.05) is 30.1 Å². The average molecular weight is 202 g/mol. The van der Waals surface area contributed by atoms with Gasteiger partial charge in [-0.1, -0.05) is 18.2 Å². The molecule has 0 aliphatic rings. The first-order chi connectivity index (χ1) is 7.27. The molecule has 1 aromatic carbocycles. The highest BCUT2D eigenvalue weighted by molar-refractivity contribution is 5.92. The monoisotopic (exact) mass is 202 g/mol. The van der Waals surface area contributed by atoms with Crippen LogP contribution in [0.25, 0.3) is 10.9 Å². The second kappa shape index (κ2) is 4.17. The van der Waals surface area contributed by atoms with E-state index < -0.39 is 0 Å². The third-order valence-electron chi connectivity index (χ3n) is 2.38. The summed E-state index contributed by atoms with van der Waals surface area (Å²) in [6.45, 7) is 2.30. The number of aromatic amines is 1. The maximum absolute atomic E-state index is 10.8. The van der Waals surface area contributed by atoms with Gasteiger partial charge in [-0.15, -0.1) is 0 Å². The van der Waals surface area contributed by atoms with E-state index in [1.807, 2.05) is 24.4 Å². The lowest BCUT2D eigenvalue weighted by molar-refractivity contribution is -0.116. The molecule has 2 aromatic rings. The first kappa shape index (κ1) is 9.77. The number of rotatable bonds is 4. The van der Waals surface area contributed by atoms with Crippen LogP contribution in [0, 0.1) is 0 Å². The van der Waals surface area contributed by atoms with Crippen LogP contribution in [0.5, 0.6) is 0 Å². The van der Waals surface area contributed by atoms with Gasteiger partial charge >= 0.3 is 0 Å². The number of para-hydroxylation sites is 1. The topological polar surface area (TPSA) is 44.9 Å². The van der Waals surface area contributed by atoms with Crippen molar-refractivity contribution in [1.29, 1.82) is 0 Å². The van der Waals surface area contributed by atoms with Gasteiger partial charge in [-0.25, -0.2) is 0 Å². The number of fused-ring (bicyclic) bond motifs is 1. The summed E-state index contributed by atoms with van der Waals surface area (Å²) in [6.07, 6.45) is 2.50. The van der Waals surface area contributed by atoms with E-state index in [2.05, 4.69) is 16.4 Å². The number of carbonyl (C=O) groups is 1. The molecule has 0 bridgehead atoms. The van der Waals surface area contributed by atoms with Crippen molar-refractivity contribution in [2.75, 3.05) is 11.9 Å². The lowest BCUT2D eigenvalue weighted by Gasteiger charge is -2.02. The average Bonchev–Trinajstić information content (AvgIpc) is 2.62. The second-order valence-electron chi connectivity index (χ2n) is 3.63. The maximum atomic E-state index is 10.8. The Kier molecular flexibility index (Phi) is 2.72. The number of nitrogens with one attached hydrogen (secondary N) is 2. The predicted molar refractivity (Wildman–Crippen MR) is 62.1 cm³/mol. The molecule has 0 spiro atoms. The first-order valence-corrected chi connectivity index (χ1v) is 5.07. The summed E-state index contributed by atoms with van der Waals surface area (Å²) in [5, 5.41) is 4.41. The first-order valence-electron chi connectivity index (χ1n) is 5.07. The predicted octanol–water partition coefficient (Wildman–Crippen LogP) is 2.56. The molecule has 0 unspecified atom stereocenters. The van der Waals surface area contributed by atoms with Crippen LogP contribution in [-0.4, -0.2) is 17.3 Å². The molecular weight excluding hydrogens is 188 g/mol. The quantitative estimate of drug-likeness (QED) is 0.800. The summed E-state index contributed by atoms with van der Waals surface area (Å²) in [7, 11) is 0. The standard InChI is InChI=1S/C12H14N2O/c1-9(15)6-7-13-12-8-14-11-5-3-2-4-10(11)12/h2-5,8,13-14H,6-7H2,1H3. The Hall–Kier alpha value is -1.77. The number of H-pyrrole nitrogens is 1. The van der Waals surface area contributed by atoms with E-state index in [1.54, 1.807) is 6.92 Å². The molecule has 3 heteroatoms. The number of hydrogen-bond acceptors (Lipinski definition) is 2. The molecule has 1 heterocycles. The maximum Gasteiger partial charge on any atom is 0.131 e. The summed E-state index contributed by atoms with van der Waals surface area (Å²) >= 11 is 0. The van der Waals surface area contributed by atoms with Gasteiger partial charge in [0.2, 0.25) is 0 Å². The summed E-state index contributed by atoms with van der Waals surface area (Å²) in [6, 6.07) is 8.10. The zero-order chi connectivity index (χ0) is 10.7. The highest BCUT2D eigenvalue weighted by Gasteiger charge is 2.01. The van der Waals surface area contributed by atoms with Crippen molar-refractivity contribution in [3.8, 4) is 0 Å². The zero-order valence-corrected chi connectivity index (χ0v) is 8.71. The van der Waals surface area contributed by atoms with E-state index in [0.717, 1.165) is 11.2 Å².